The first-order chi connectivity index (χ1) is 10.8. The highest BCUT2D eigenvalue weighted by atomic mass is 32.2. The first kappa shape index (κ1) is 17.6. The molecule has 0 saturated heterocycles. The first-order valence-corrected chi connectivity index (χ1v) is 9.13. The Bertz CT molecular complexity index is 711. The molecule has 1 fully saturated rings. The van der Waals surface area contributed by atoms with E-state index in [4.69, 9.17) is 0 Å². The molecule has 2 rings (SSSR count). The summed E-state index contributed by atoms with van der Waals surface area (Å²) in [6.07, 6.45) is 4.08. The van der Waals surface area contributed by atoms with Crippen LogP contribution in [0, 0.1) is 5.92 Å². The lowest BCUT2D eigenvalue weighted by Crippen LogP contribution is -2.24. The molecular weight excluding hydrogens is 314 g/mol. The van der Waals surface area contributed by atoms with Crippen LogP contribution in [0.15, 0.2) is 34.3 Å². The highest BCUT2D eigenvalue weighted by Gasteiger charge is 2.19. The Morgan fingerprint density at radius 2 is 2.09 bits per heavy atom. The Kier molecular flexibility index (Phi) is 5.54. The number of sulfonamides is 1. The smallest absolute Gasteiger partial charge is 0.267 e. The third-order valence-electron chi connectivity index (χ3n) is 3.94. The van der Waals surface area contributed by atoms with Gasteiger partial charge in [-0.25, -0.2) is 18.1 Å². The van der Waals surface area contributed by atoms with Gasteiger partial charge < -0.3 is 0 Å². The second-order valence-electron chi connectivity index (χ2n) is 6.14. The van der Waals surface area contributed by atoms with E-state index in [0.717, 1.165) is 29.3 Å². The minimum Gasteiger partial charge on any atom is -0.267 e. The molecule has 1 aliphatic rings. The number of nitrogens with one attached hydrogen (secondary N) is 1. The Labute approximate surface area is 137 Å². The van der Waals surface area contributed by atoms with E-state index in [9.17, 15) is 13.2 Å². The molecular formula is C16H23N3O3S. The molecule has 0 heterocycles. The minimum atomic E-state index is -3.56. The van der Waals surface area contributed by atoms with E-state index in [1.54, 1.807) is 12.1 Å². The number of rotatable bonds is 4. The van der Waals surface area contributed by atoms with Gasteiger partial charge in [0.1, 0.15) is 0 Å². The summed E-state index contributed by atoms with van der Waals surface area (Å²) in [5.41, 5.74) is 3.81. The van der Waals surface area contributed by atoms with Gasteiger partial charge in [-0.05, 0) is 49.8 Å². The number of carbonyl (C=O) groups is 1. The summed E-state index contributed by atoms with van der Waals surface area (Å²) in [5.74, 6) is 0.194. The van der Waals surface area contributed by atoms with Crippen LogP contribution >= 0.6 is 0 Å². The van der Waals surface area contributed by atoms with Crippen molar-refractivity contribution in [1.82, 2.24) is 9.73 Å². The molecule has 1 atom stereocenters. The zero-order chi connectivity index (χ0) is 17.0. The highest BCUT2D eigenvalue weighted by molar-refractivity contribution is 7.89. The summed E-state index contributed by atoms with van der Waals surface area (Å²) < 4.78 is 25.3. The molecule has 0 unspecified atom stereocenters. The van der Waals surface area contributed by atoms with E-state index in [1.807, 2.05) is 0 Å². The minimum absolute atomic E-state index is 0.0918. The summed E-state index contributed by atoms with van der Waals surface area (Å²) >= 11 is 0. The fraction of sp³-hybridized carbons (Fsp3) is 0.500. The van der Waals surface area contributed by atoms with E-state index in [1.165, 1.54) is 32.6 Å². The summed E-state index contributed by atoms with van der Waals surface area (Å²) in [5, 5.41) is 4.19. The predicted octanol–water partition coefficient (Wildman–Crippen LogP) is 2.23. The van der Waals surface area contributed by atoms with Crippen molar-refractivity contribution in [3.8, 4) is 0 Å². The lowest BCUT2D eigenvalue weighted by molar-refractivity contribution is 0.0954. The zero-order valence-corrected chi connectivity index (χ0v) is 14.6. The van der Waals surface area contributed by atoms with Crippen LogP contribution in [-0.4, -0.2) is 38.4 Å². The van der Waals surface area contributed by atoms with Crippen LogP contribution in [0.2, 0.25) is 0 Å². The molecule has 126 valence electrons. The van der Waals surface area contributed by atoms with Crippen LogP contribution in [0.5, 0.6) is 0 Å². The number of amides is 1. The molecule has 0 aromatic heterocycles. The second-order valence-corrected chi connectivity index (χ2v) is 8.29. The van der Waals surface area contributed by atoms with Crippen LogP contribution in [0.25, 0.3) is 0 Å². The Morgan fingerprint density at radius 3 is 2.74 bits per heavy atom. The van der Waals surface area contributed by atoms with Crippen LogP contribution < -0.4 is 5.43 Å². The van der Waals surface area contributed by atoms with Crippen molar-refractivity contribution < 1.29 is 13.2 Å². The number of hydrazone groups is 1. The molecule has 1 aliphatic carbocycles. The Morgan fingerprint density at radius 1 is 1.35 bits per heavy atom. The van der Waals surface area contributed by atoms with E-state index in [2.05, 4.69) is 17.5 Å². The quantitative estimate of drug-likeness (QED) is 0.856. The number of benzene rings is 1. The molecule has 1 aromatic rings. The summed E-state index contributed by atoms with van der Waals surface area (Å²) in [7, 11) is -0.645. The SMILES string of the molecule is C[C@@H]1CCC/C(=N/NC(=O)c2cccc(S(=O)(=O)N(C)C)c2)C1. The summed E-state index contributed by atoms with van der Waals surface area (Å²) in [4.78, 5) is 12.3. The van der Waals surface area contributed by atoms with Gasteiger partial charge in [0.2, 0.25) is 10.0 Å². The summed E-state index contributed by atoms with van der Waals surface area (Å²) in [6.45, 7) is 2.17. The molecule has 1 aromatic carbocycles. The van der Waals surface area contributed by atoms with E-state index < -0.39 is 15.9 Å². The lowest BCUT2D eigenvalue weighted by atomic mass is 9.89. The van der Waals surface area contributed by atoms with Crippen LogP contribution in [0.4, 0.5) is 0 Å². The molecule has 1 amide bonds. The van der Waals surface area contributed by atoms with Crippen molar-refractivity contribution in [3.63, 3.8) is 0 Å². The van der Waals surface area contributed by atoms with Gasteiger partial charge in [-0.2, -0.15) is 5.10 Å². The predicted molar refractivity (Wildman–Crippen MR) is 89.8 cm³/mol. The topological polar surface area (TPSA) is 78.8 Å². The van der Waals surface area contributed by atoms with Gasteiger partial charge >= 0.3 is 0 Å². The number of hydrogen-bond acceptors (Lipinski definition) is 4. The number of nitrogens with zero attached hydrogens (tertiary/aromatic N) is 2. The standard InChI is InChI=1S/C16H23N3O3S/c1-12-6-4-8-14(10-12)17-18-16(20)13-7-5-9-15(11-13)23(21,22)19(2)3/h5,7,9,11-12H,4,6,8,10H2,1-3H3,(H,18,20)/b17-14-/t12-/m1/s1. The molecule has 0 radical (unpaired) electrons. The second kappa shape index (κ2) is 7.23. The maximum Gasteiger partial charge on any atom is 0.271 e. The van der Waals surface area contributed by atoms with Crippen molar-refractivity contribution in [2.45, 2.75) is 37.5 Å². The molecule has 1 saturated carbocycles. The number of carbonyl (C=O) groups excluding carboxylic acids is 1. The van der Waals surface area contributed by atoms with Crippen molar-refractivity contribution >= 4 is 21.6 Å². The van der Waals surface area contributed by atoms with E-state index in [0.29, 0.717) is 5.92 Å². The van der Waals surface area contributed by atoms with Crippen molar-refractivity contribution in [1.29, 1.82) is 0 Å². The zero-order valence-electron chi connectivity index (χ0n) is 13.7. The Hall–Kier alpha value is -1.73. The van der Waals surface area contributed by atoms with Gasteiger partial charge in [0, 0.05) is 25.4 Å². The average molecular weight is 337 g/mol. The molecule has 0 spiro atoms. The third kappa shape index (κ3) is 4.39. The molecule has 0 bridgehead atoms. The molecule has 7 heteroatoms. The summed E-state index contributed by atoms with van der Waals surface area (Å²) in [6, 6.07) is 5.98. The van der Waals surface area contributed by atoms with E-state index in [-0.39, 0.29) is 10.5 Å². The van der Waals surface area contributed by atoms with Crippen molar-refractivity contribution in [2.24, 2.45) is 11.0 Å². The largest absolute Gasteiger partial charge is 0.271 e. The number of hydrogen-bond donors (Lipinski definition) is 1. The maximum absolute atomic E-state index is 12.2. The van der Waals surface area contributed by atoms with Crippen LogP contribution in [0.3, 0.4) is 0 Å². The monoisotopic (exact) mass is 337 g/mol. The average Bonchev–Trinajstić information content (AvgIpc) is 2.52. The highest BCUT2D eigenvalue weighted by Crippen LogP contribution is 2.21. The van der Waals surface area contributed by atoms with Crippen LogP contribution in [0.1, 0.15) is 43.0 Å². The first-order valence-electron chi connectivity index (χ1n) is 7.69. The normalized spacial score (nSPS) is 20.7. The van der Waals surface area contributed by atoms with Gasteiger partial charge in [0.05, 0.1) is 4.90 Å². The maximum atomic E-state index is 12.2. The lowest BCUT2D eigenvalue weighted by Gasteiger charge is -2.19. The molecule has 1 N–H and O–H groups in total. The molecule has 0 aliphatic heterocycles. The Balaban J connectivity index is 2.13. The van der Waals surface area contributed by atoms with Crippen LogP contribution in [-0.2, 0) is 10.0 Å². The van der Waals surface area contributed by atoms with Crippen molar-refractivity contribution in [3.05, 3.63) is 29.8 Å². The third-order valence-corrected chi connectivity index (χ3v) is 5.75. The molecule has 23 heavy (non-hydrogen) atoms. The van der Waals surface area contributed by atoms with Gasteiger partial charge in [-0.1, -0.05) is 13.0 Å². The van der Waals surface area contributed by atoms with E-state index >= 15 is 0 Å². The van der Waals surface area contributed by atoms with Gasteiger partial charge in [0.15, 0.2) is 0 Å². The van der Waals surface area contributed by atoms with Crippen molar-refractivity contribution in [2.75, 3.05) is 14.1 Å². The molecule has 6 nitrogen and oxygen atoms in total. The van der Waals surface area contributed by atoms with Gasteiger partial charge in [0.25, 0.3) is 5.91 Å². The fourth-order valence-corrected chi connectivity index (χ4v) is 3.51. The fourth-order valence-electron chi connectivity index (χ4n) is 2.57. The van der Waals surface area contributed by atoms with Gasteiger partial charge in [-0.3, -0.25) is 4.79 Å². The van der Waals surface area contributed by atoms with Gasteiger partial charge in [-0.15, -0.1) is 0 Å².